The molecule has 0 unspecified atom stereocenters. The number of ether oxygens (including phenoxy) is 1. The van der Waals surface area contributed by atoms with Gasteiger partial charge in [-0.3, -0.25) is 4.72 Å². The number of rotatable bonds is 6. The molecule has 4 aromatic rings. The standard InChI is InChI=1S/C19H14FN3O4S2/c1-26-16-8-3-2-7-15(16)23-29(24,25)17-10-13(11-28-17)19-21-18(22-27-19)12-5-4-6-14(20)9-12/h2-11,23H,1H3. The quantitative estimate of drug-likeness (QED) is 0.486. The molecule has 0 fully saturated rings. The highest BCUT2D eigenvalue weighted by Crippen LogP contribution is 2.32. The number of nitrogens with zero attached hydrogens (tertiary/aromatic N) is 2. The summed E-state index contributed by atoms with van der Waals surface area (Å²) in [6.07, 6.45) is 0. The normalized spacial score (nSPS) is 11.4. The van der Waals surface area contributed by atoms with Crippen molar-refractivity contribution >= 4 is 27.0 Å². The third-order valence-corrected chi connectivity index (χ3v) is 6.75. The van der Waals surface area contributed by atoms with Crippen LogP contribution in [0.4, 0.5) is 10.1 Å². The molecule has 0 bridgehead atoms. The number of sulfonamides is 1. The zero-order valence-electron chi connectivity index (χ0n) is 15.0. The number of hydrogen-bond acceptors (Lipinski definition) is 7. The molecule has 1 N–H and O–H groups in total. The second-order valence-corrected chi connectivity index (χ2v) is 8.71. The summed E-state index contributed by atoms with van der Waals surface area (Å²) < 4.78 is 51.8. The highest BCUT2D eigenvalue weighted by molar-refractivity contribution is 7.94. The molecule has 0 saturated heterocycles. The second kappa shape index (κ2) is 7.64. The molecule has 2 aromatic carbocycles. The number of para-hydroxylation sites is 2. The van der Waals surface area contributed by atoms with E-state index in [0.29, 0.717) is 22.6 Å². The fraction of sp³-hybridized carbons (Fsp3) is 0.0526. The summed E-state index contributed by atoms with van der Waals surface area (Å²) in [7, 11) is -2.37. The molecular weight excluding hydrogens is 417 g/mol. The molecule has 148 valence electrons. The van der Waals surface area contributed by atoms with E-state index < -0.39 is 15.8 Å². The molecule has 7 nitrogen and oxygen atoms in total. The van der Waals surface area contributed by atoms with Crippen molar-refractivity contribution in [2.45, 2.75) is 4.21 Å². The molecule has 0 amide bonds. The zero-order chi connectivity index (χ0) is 20.4. The number of benzene rings is 2. The molecule has 0 radical (unpaired) electrons. The summed E-state index contributed by atoms with van der Waals surface area (Å²) in [6.45, 7) is 0. The fourth-order valence-corrected chi connectivity index (χ4v) is 4.80. The Hall–Kier alpha value is -3.24. The lowest BCUT2D eigenvalue weighted by Gasteiger charge is -2.10. The Bertz CT molecular complexity index is 1270. The highest BCUT2D eigenvalue weighted by Gasteiger charge is 2.21. The minimum Gasteiger partial charge on any atom is -0.495 e. The van der Waals surface area contributed by atoms with Crippen molar-refractivity contribution in [1.82, 2.24) is 10.1 Å². The smallest absolute Gasteiger partial charge is 0.271 e. The van der Waals surface area contributed by atoms with Gasteiger partial charge >= 0.3 is 0 Å². The van der Waals surface area contributed by atoms with Gasteiger partial charge in [-0.05, 0) is 30.3 Å². The van der Waals surface area contributed by atoms with E-state index in [9.17, 15) is 12.8 Å². The van der Waals surface area contributed by atoms with E-state index in [4.69, 9.17) is 9.26 Å². The van der Waals surface area contributed by atoms with Crippen LogP contribution in [0.15, 0.2) is 68.7 Å². The van der Waals surface area contributed by atoms with Crippen molar-refractivity contribution in [1.29, 1.82) is 0 Å². The van der Waals surface area contributed by atoms with Gasteiger partial charge in [-0.1, -0.05) is 29.4 Å². The largest absolute Gasteiger partial charge is 0.495 e. The maximum atomic E-state index is 13.4. The minimum absolute atomic E-state index is 0.0731. The average Bonchev–Trinajstić information content (AvgIpc) is 3.38. The van der Waals surface area contributed by atoms with Crippen LogP contribution in [0.5, 0.6) is 5.75 Å². The molecule has 0 aliphatic heterocycles. The van der Waals surface area contributed by atoms with Crippen LogP contribution in [0.2, 0.25) is 0 Å². The zero-order valence-corrected chi connectivity index (χ0v) is 16.6. The molecule has 10 heteroatoms. The number of halogens is 1. The second-order valence-electron chi connectivity index (χ2n) is 5.89. The van der Waals surface area contributed by atoms with Crippen LogP contribution in [0.1, 0.15) is 0 Å². The van der Waals surface area contributed by atoms with Crippen LogP contribution in [-0.4, -0.2) is 25.7 Å². The van der Waals surface area contributed by atoms with Crippen molar-refractivity contribution < 1.29 is 22.1 Å². The summed E-state index contributed by atoms with van der Waals surface area (Å²) in [5, 5.41) is 5.43. The summed E-state index contributed by atoms with van der Waals surface area (Å²) in [4.78, 5) is 4.23. The molecule has 0 spiro atoms. The van der Waals surface area contributed by atoms with Crippen molar-refractivity contribution in [3.05, 3.63) is 65.8 Å². The van der Waals surface area contributed by atoms with Crippen LogP contribution < -0.4 is 9.46 Å². The Kier molecular flexibility index (Phi) is 5.03. The number of aromatic nitrogens is 2. The lowest BCUT2D eigenvalue weighted by Crippen LogP contribution is -2.12. The van der Waals surface area contributed by atoms with Gasteiger partial charge < -0.3 is 9.26 Å². The molecule has 0 aliphatic rings. The summed E-state index contributed by atoms with van der Waals surface area (Å²) >= 11 is 1.01. The Balaban J connectivity index is 1.60. The average molecular weight is 431 g/mol. The minimum atomic E-state index is -3.83. The third-order valence-electron chi connectivity index (χ3n) is 3.95. The predicted molar refractivity (Wildman–Crippen MR) is 107 cm³/mol. The van der Waals surface area contributed by atoms with E-state index in [1.165, 1.54) is 25.3 Å². The molecule has 4 rings (SSSR count). The predicted octanol–water partition coefficient (Wildman–Crippen LogP) is 4.41. The first-order valence-electron chi connectivity index (χ1n) is 8.31. The van der Waals surface area contributed by atoms with Crippen LogP contribution in [0, 0.1) is 5.82 Å². The fourth-order valence-electron chi connectivity index (χ4n) is 2.58. The highest BCUT2D eigenvalue weighted by atomic mass is 32.2. The van der Waals surface area contributed by atoms with Gasteiger partial charge in [0.25, 0.3) is 15.9 Å². The Morgan fingerprint density at radius 2 is 1.93 bits per heavy atom. The van der Waals surface area contributed by atoms with Crippen LogP contribution >= 0.6 is 11.3 Å². The van der Waals surface area contributed by atoms with Gasteiger partial charge in [0.1, 0.15) is 15.8 Å². The Labute approximate surface area is 169 Å². The van der Waals surface area contributed by atoms with Crippen LogP contribution in [0.3, 0.4) is 0 Å². The van der Waals surface area contributed by atoms with Gasteiger partial charge in [0.2, 0.25) is 5.82 Å². The van der Waals surface area contributed by atoms with Gasteiger partial charge in [-0.15, -0.1) is 11.3 Å². The first kappa shape index (κ1) is 19.1. The Morgan fingerprint density at radius 1 is 1.10 bits per heavy atom. The van der Waals surface area contributed by atoms with Crippen molar-refractivity contribution in [2.24, 2.45) is 0 Å². The van der Waals surface area contributed by atoms with Gasteiger partial charge in [0.15, 0.2) is 0 Å². The number of hydrogen-bond donors (Lipinski definition) is 1. The maximum absolute atomic E-state index is 13.4. The van der Waals surface area contributed by atoms with E-state index in [1.54, 1.807) is 41.8 Å². The molecule has 0 aliphatic carbocycles. The van der Waals surface area contributed by atoms with Crippen LogP contribution in [0.25, 0.3) is 22.8 Å². The topological polar surface area (TPSA) is 94.3 Å². The maximum Gasteiger partial charge on any atom is 0.271 e. The number of anilines is 1. The molecular formula is C19H14FN3O4S2. The summed E-state index contributed by atoms with van der Waals surface area (Å²) in [5.74, 6) is 0.339. The third kappa shape index (κ3) is 3.98. The van der Waals surface area contributed by atoms with Gasteiger partial charge in [-0.2, -0.15) is 4.98 Å². The lowest BCUT2D eigenvalue weighted by atomic mass is 10.2. The molecule has 0 saturated carbocycles. The SMILES string of the molecule is COc1ccccc1NS(=O)(=O)c1cc(-c2nc(-c3cccc(F)c3)no2)cs1. The first-order valence-corrected chi connectivity index (χ1v) is 10.7. The van der Waals surface area contributed by atoms with Crippen molar-refractivity contribution in [2.75, 3.05) is 11.8 Å². The van der Waals surface area contributed by atoms with Gasteiger partial charge in [0, 0.05) is 10.9 Å². The lowest BCUT2D eigenvalue weighted by molar-refractivity contribution is 0.417. The number of methoxy groups -OCH3 is 1. The Morgan fingerprint density at radius 3 is 2.72 bits per heavy atom. The number of nitrogens with one attached hydrogen (secondary N) is 1. The van der Waals surface area contributed by atoms with E-state index >= 15 is 0 Å². The van der Waals surface area contributed by atoms with Gasteiger partial charge in [0.05, 0.1) is 18.4 Å². The van der Waals surface area contributed by atoms with Crippen molar-refractivity contribution in [3.63, 3.8) is 0 Å². The van der Waals surface area contributed by atoms with E-state index in [0.717, 1.165) is 11.3 Å². The molecule has 2 heterocycles. The van der Waals surface area contributed by atoms with E-state index in [1.807, 2.05) is 0 Å². The molecule has 0 atom stereocenters. The molecule has 29 heavy (non-hydrogen) atoms. The van der Waals surface area contributed by atoms with E-state index in [2.05, 4.69) is 14.9 Å². The van der Waals surface area contributed by atoms with E-state index in [-0.39, 0.29) is 15.9 Å². The summed E-state index contributed by atoms with van der Waals surface area (Å²) in [5.41, 5.74) is 1.24. The summed E-state index contributed by atoms with van der Waals surface area (Å²) in [6, 6.07) is 13.9. The number of thiophene rings is 1. The van der Waals surface area contributed by atoms with Crippen LogP contribution in [-0.2, 0) is 10.0 Å². The first-order chi connectivity index (χ1) is 14.0. The van der Waals surface area contributed by atoms with Crippen molar-refractivity contribution in [3.8, 4) is 28.6 Å². The molecule has 2 aromatic heterocycles. The van der Waals surface area contributed by atoms with Gasteiger partial charge in [-0.25, -0.2) is 12.8 Å². The monoisotopic (exact) mass is 431 g/mol.